The predicted octanol–water partition coefficient (Wildman–Crippen LogP) is 5.78. The topological polar surface area (TPSA) is 68.5 Å². The maximum atomic E-state index is 13.1. The standard InChI is InChI=1S/C21H16F6N6/c1-2-33-9-7-13-17(30-16-10-12(6-8-28-16)11-20(22,23)24)31-18(32-19(13)33)14-4-3-5-15(29-14)21(25,26)27/h3-10H,2,11H2,1H3,(H,28,30,31,32). The van der Waals surface area contributed by atoms with Gasteiger partial charge in [0.25, 0.3) is 0 Å². The quantitative estimate of drug-likeness (QED) is 0.378. The Morgan fingerprint density at radius 2 is 1.76 bits per heavy atom. The molecule has 0 bridgehead atoms. The summed E-state index contributed by atoms with van der Waals surface area (Å²) in [4.78, 5) is 16.4. The predicted molar refractivity (Wildman–Crippen MR) is 109 cm³/mol. The first-order valence-electron chi connectivity index (χ1n) is 9.73. The highest BCUT2D eigenvalue weighted by Crippen LogP contribution is 2.31. The number of aryl methyl sites for hydroxylation is 1. The highest BCUT2D eigenvalue weighted by Gasteiger charge is 2.33. The highest BCUT2D eigenvalue weighted by molar-refractivity contribution is 5.90. The van der Waals surface area contributed by atoms with Gasteiger partial charge in [0.15, 0.2) is 5.82 Å². The Labute approximate surface area is 183 Å². The van der Waals surface area contributed by atoms with Gasteiger partial charge >= 0.3 is 12.4 Å². The van der Waals surface area contributed by atoms with Crippen molar-refractivity contribution in [1.82, 2.24) is 24.5 Å². The van der Waals surface area contributed by atoms with Crippen LogP contribution in [0.25, 0.3) is 22.6 Å². The van der Waals surface area contributed by atoms with Gasteiger partial charge in [0, 0.05) is 18.9 Å². The van der Waals surface area contributed by atoms with Gasteiger partial charge in [-0.3, -0.25) is 0 Å². The minimum Gasteiger partial charge on any atom is -0.333 e. The molecule has 0 aliphatic heterocycles. The summed E-state index contributed by atoms with van der Waals surface area (Å²) in [6.45, 7) is 2.38. The molecular formula is C21H16F6N6. The van der Waals surface area contributed by atoms with E-state index in [4.69, 9.17) is 0 Å². The first-order valence-corrected chi connectivity index (χ1v) is 9.73. The molecule has 4 aromatic heterocycles. The zero-order chi connectivity index (χ0) is 23.8. The molecule has 0 atom stereocenters. The van der Waals surface area contributed by atoms with Crippen molar-refractivity contribution in [2.75, 3.05) is 5.32 Å². The molecule has 0 aliphatic carbocycles. The van der Waals surface area contributed by atoms with Crippen molar-refractivity contribution in [3.8, 4) is 11.5 Å². The van der Waals surface area contributed by atoms with Crippen molar-refractivity contribution in [1.29, 1.82) is 0 Å². The lowest BCUT2D eigenvalue weighted by molar-refractivity contribution is -0.141. The monoisotopic (exact) mass is 466 g/mol. The number of fused-ring (bicyclic) bond motifs is 1. The second-order valence-corrected chi connectivity index (χ2v) is 7.11. The fourth-order valence-electron chi connectivity index (χ4n) is 3.25. The lowest BCUT2D eigenvalue weighted by atomic mass is 10.2. The van der Waals surface area contributed by atoms with E-state index >= 15 is 0 Å². The van der Waals surface area contributed by atoms with Gasteiger partial charge in [0.2, 0.25) is 0 Å². The smallest absolute Gasteiger partial charge is 0.333 e. The molecule has 0 amide bonds. The van der Waals surface area contributed by atoms with Gasteiger partial charge in [0.1, 0.15) is 28.7 Å². The van der Waals surface area contributed by atoms with Crippen LogP contribution >= 0.6 is 0 Å². The molecule has 0 unspecified atom stereocenters. The molecule has 0 radical (unpaired) electrons. The van der Waals surface area contributed by atoms with Crippen molar-refractivity contribution < 1.29 is 26.3 Å². The van der Waals surface area contributed by atoms with E-state index in [1.807, 2.05) is 6.92 Å². The number of hydrogen-bond donors (Lipinski definition) is 1. The summed E-state index contributed by atoms with van der Waals surface area (Å²) >= 11 is 0. The van der Waals surface area contributed by atoms with E-state index < -0.39 is 24.5 Å². The van der Waals surface area contributed by atoms with E-state index in [0.717, 1.165) is 6.07 Å². The number of nitrogens with zero attached hydrogens (tertiary/aromatic N) is 5. The van der Waals surface area contributed by atoms with E-state index in [9.17, 15) is 26.3 Å². The number of alkyl halides is 6. The average Bonchev–Trinajstić information content (AvgIpc) is 3.16. The van der Waals surface area contributed by atoms with E-state index in [2.05, 4.69) is 25.3 Å². The van der Waals surface area contributed by atoms with Crippen molar-refractivity contribution in [3.63, 3.8) is 0 Å². The molecular weight excluding hydrogens is 450 g/mol. The Morgan fingerprint density at radius 3 is 2.45 bits per heavy atom. The van der Waals surface area contributed by atoms with Crippen LogP contribution in [0, 0.1) is 0 Å². The van der Waals surface area contributed by atoms with E-state index in [1.54, 1.807) is 16.8 Å². The number of halogens is 6. The molecule has 0 fully saturated rings. The fraction of sp³-hybridized carbons (Fsp3) is 0.238. The third-order valence-corrected chi connectivity index (χ3v) is 4.70. The zero-order valence-corrected chi connectivity index (χ0v) is 17.0. The van der Waals surface area contributed by atoms with Crippen LogP contribution in [0.15, 0.2) is 48.8 Å². The average molecular weight is 466 g/mol. The summed E-state index contributed by atoms with van der Waals surface area (Å²) in [5, 5.41) is 3.40. The molecule has 0 aromatic carbocycles. The second kappa shape index (κ2) is 8.34. The molecule has 0 saturated heterocycles. The normalized spacial score (nSPS) is 12.3. The van der Waals surface area contributed by atoms with Gasteiger partial charge in [-0.25, -0.2) is 19.9 Å². The maximum Gasteiger partial charge on any atom is 0.433 e. The number of aromatic nitrogens is 5. The molecule has 6 nitrogen and oxygen atoms in total. The third kappa shape index (κ3) is 5.04. The first kappa shape index (κ1) is 22.5. The molecule has 0 aliphatic rings. The van der Waals surface area contributed by atoms with Gasteiger partial charge in [-0.1, -0.05) is 6.07 Å². The van der Waals surface area contributed by atoms with Crippen LogP contribution in [0.5, 0.6) is 0 Å². The van der Waals surface area contributed by atoms with Gasteiger partial charge in [-0.05, 0) is 42.8 Å². The molecule has 33 heavy (non-hydrogen) atoms. The van der Waals surface area contributed by atoms with Crippen molar-refractivity contribution >= 4 is 22.7 Å². The summed E-state index contributed by atoms with van der Waals surface area (Å²) in [6, 6.07) is 7.57. The molecule has 0 spiro atoms. The number of anilines is 2. The Bertz CT molecular complexity index is 1290. The summed E-state index contributed by atoms with van der Waals surface area (Å²) in [7, 11) is 0. The molecule has 0 saturated carbocycles. The van der Waals surface area contributed by atoms with Gasteiger partial charge in [-0.15, -0.1) is 0 Å². The van der Waals surface area contributed by atoms with E-state index in [0.29, 0.717) is 17.6 Å². The fourth-order valence-corrected chi connectivity index (χ4v) is 3.25. The van der Waals surface area contributed by atoms with Gasteiger partial charge < -0.3 is 9.88 Å². The number of rotatable bonds is 5. The SMILES string of the molecule is CCn1ccc2c(Nc3cc(CC(F)(F)F)ccn3)nc(-c3cccc(C(F)(F)F)n3)nc21. The third-order valence-electron chi connectivity index (χ3n) is 4.70. The Hall–Kier alpha value is -3.70. The van der Waals surface area contributed by atoms with Crippen LogP contribution in [-0.2, 0) is 19.1 Å². The minimum atomic E-state index is -4.65. The van der Waals surface area contributed by atoms with E-state index in [-0.39, 0.29) is 28.7 Å². The summed E-state index contributed by atoms with van der Waals surface area (Å²) in [5.74, 6) is 0.206. The number of hydrogen-bond acceptors (Lipinski definition) is 5. The Morgan fingerprint density at radius 1 is 0.970 bits per heavy atom. The molecule has 1 N–H and O–H groups in total. The molecule has 12 heteroatoms. The van der Waals surface area contributed by atoms with Crippen LogP contribution in [0.1, 0.15) is 18.2 Å². The minimum absolute atomic E-state index is 0.00352. The summed E-state index contributed by atoms with van der Waals surface area (Å²) in [6.07, 6.45) is -7.21. The highest BCUT2D eigenvalue weighted by atomic mass is 19.4. The molecule has 4 rings (SSSR count). The van der Waals surface area contributed by atoms with Crippen molar-refractivity contribution in [2.45, 2.75) is 32.2 Å². The lowest BCUT2D eigenvalue weighted by Gasteiger charge is -2.12. The number of nitrogens with one attached hydrogen (secondary N) is 1. The number of pyridine rings is 2. The van der Waals surface area contributed by atoms with E-state index in [1.165, 1.54) is 30.5 Å². The van der Waals surface area contributed by atoms with Crippen LogP contribution in [0.4, 0.5) is 38.0 Å². The molecule has 4 aromatic rings. The summed E-state index contributed by atoms with van der Waals surface area (Å²) < 4.78 is 79.4. The van der Waals surface area contributed by atoms with Crippen LogP contribution in [0.2, 0.25) is 0 Å². The summed E-state index contributed by atoms with van der Waals surface area (Å²) in [5.41, 5.74) is -0.769. The Balaban J connectivity index is 1.80. The second-order valence-electron chi connectivity index (χ2n) is 7.11. The maximum absolute atomic E-state index is 13.1. The zero-order valence-electron chi connectivity index (χ0n) is 17.0. The van der Waals surface area contributed by atoms with Crippen LogP contribution in [-0.4, -0.2) is 30.7 Å². The van der Waals surface area contributed by atoms with Crippen molar-refractivity contribution in [3.05, 3.63) is 60.0 Å². The van der Waals surface area contributed by atoms with Crippen LogP contribution < -0.4 is 5.32 Å². The van der Waals surface area contributed by atoms with Crippen molar-refractivity contribution in [2.24, 2.45) is 0 Å². The first-order chi connectivity index (χ1) is 15.5. The molecule has 172 valence electrons. The van der Waals surface area contributed by atoms with Crippen LogP contribution in [0.3, 0.4) is 0 Å². The Kier molecular flexibility index (Phi) is 5.68. The van der Waals surface area contributed by atoms with Gasteiger partial charge in [-0.2, -0.15) is 26.3 Å². The largest absolute Gasteiger partial charge is 0.433 e. The molecule has 4 heterocycles. The lowest BCUT2D eigenvalue weighted by Crippen LogP contribution is -2.12. The van der Waals surface area contributed by atoms with Gasteiger partial charge in [0.05, 0.1) is 11.8 Å².